The Morgan fingerprint density at radius 2 is 2.31 bits per heavy atom. The zero-order chi connectivity index (χ0) is 9.42. The summed E-state index contributed by atoms with van der Waals surface area (Å²) in [7, 11) is 0. The highest BCUT2D eigenvalue weighted by molar-refractivity contribution is 9.10. The molecular weight excluding hydrogens is 226 g/mol. The minimum Gasteiger partial charge on any atom is -0.198 e. The Labute approximate surface area is 86.5 Å². The molecule has 66 valence electrons. The Hall–Kier alpha value is -0.810. The van der Waals surface area contributed by atoms with E-state index in [0.717, 1.165) is 10.9 Å². The Morgan fingerprint density at radius 3 is 2.92 bits per heavy atom. The summed E-state index contributed by atoms with van der Waals surface area (Å²) in [5.41, 5.74) is 2.63. The first kappa shape index (κ1) is 8.77. The molecule has 1 aliphatic rings. The molecule has 1 aromatic rings. The molecule has 1 fully saturated rings. The summed E-state index contributed by atoms with van der Waals surface area (Å²) in [6.45, 7) is 2.11. The second kappa shape index (κ2) is 3.16. The zero-order valence-corrected chi connectivity index (χ0v) is 9.01. The molecule has 0 spiro atoms. The van der Waals surface area contributed by atoms with E-state index in [1.54, 1.807) is 0 Å². The van der Waals surface area contributed by atoms with Crippen molar-refractivity contribution in [3.63, 3.8) is 0 Å². The van der Waals surface area contributed by atoms with E-state index in [-0.39, 0.29) is 5.92 Å². The molecule has 2 heteroatoms. The second-order valence-corrected chi connectivity index (χ2v) is 4.49. The van der Waals surface area contributed by atoms with Crippen LogP contribution >= 0.6 is 15.9 Å². The molecule has 1 aliphatic carbocycles. The monoisotopic (exact) mass is 235 g/mol. The van der Waals surface area contributed by atoms with Crippen LogP contribution in [0.4, 0.5) is 0 Å². The highest BCUT2D eigenvalue weighted by atomic mass is 79.9. The summed E-state index contributed by atoms with van der Waals surface area (Å²) in [6.07, 6.45) is 1.04. The van der Waals surface area contributed by atoms with Crippen LogP contribution in [0.25, 0.3) is 0 Å². The van der Waals surface area contributed by atoms with E-state index in [4.69, 9.17) is 5.26 Å². The third-order valence-corrected chi connectivity index (χ3v) is 3.09. The molecule has 0 amide bonds. The van der Waals surface area contributed by atoms with Crippen LogP contribution in [0.5, 0.6) is 0 Å². The lowest BCUT2D eigenvalue weighted by Crippen LogP contribution is -1.87. The first-order valence-electron chi connectivity index (χ1n) is 4.38. The minimum absolute atomic E-state index is 0.257. The lowest BCUT2D eigenvalue weighted by atomic mass is 10.0. The summed E-state index contributed by atoms with van der Waals surface area (Å²) in [5.74, 6) is 0.746. The van der Waals surface area contributed by atoms with E-state index in [0.29, 0.717) is 5.92 Å². The SMILES string of the molecule is Cc1ccc(Br)cc1C1CC1C#N. The number of aryl methyl sites for hydroxylation is 1. The van der Waals surface area contributed by atoms with Crippen molar-refractivity contribution in [2.75, 3.05) is 0 Å². The fourth-order valence-corrected chi connectivity index (χ4v) is 2.07. The van der Waals surface area contributed by atoms with Crippen molar-refractivity contribution in [1.82, 2.24) is 0 Å². The molecule has 2 atom stereocenters. The van der Waals surface area contributed by atoms with Gasteiger partial charge in [-0.2, -0.15) is 5.26 Å². The number of hydrogen-bond acceptors (Lipinski definition) is 1. The topological polar surface area (TPSA) is 23.8 Å². The third-order valence-electron chi connectivity index (χ3n) is 2.60. The van der Waals surface area contributed by atoms with Gasteiger partial charge < -0.3 is 0 Å². The molecule has 1 saturated carbocycles. The highest BCUT2D eigenvalue weighted by Crippen LogP contribution is 2.48. The smallest absolute Gasteiger partial charge is 0.0662 e. The summed E-state index contributed by atoms with van der Waals surface area (Å²) in [4.78, 5) is 0. The van der Waals surface area contributed by atoms with Gasteiger partial charge in [-0.1, -0.05) is 22.0 Å². The van der Waals surface area contributed by atoms with Crippen LogP contribution in [0.15, 0.2) is 22.7 Å². The Bertz CT molecular complexity index is 378. The Morgan fingerprint density at radius 1 is 1.54 bits per heavy atom. The molecule has 1 aromatic carbocycles. The van der Waals surface area contributed by atoms with E-state index < -0.39 is 0 Å². The van der Waals surface area contributed by atoms with Crippen molar-refractivity contribution in [1.29, 1.82) is 5.26 Å². The molecule has 0 N–H and O–H groups in total. The van der Waals surface area contributed by atoms with Gasteiger partial charge in [0.2, 0.25) is 0 Å². The van der Waals surface area contributed by atoms with Crippen molar-refractivity contribution >= 4 is 15.9 Å². The maximum Gasteiger partial charge on any atom is 0.0662 e. The van der Waals surface area contributed by atoms with Gasteiger partial charge in [-0.15, -0.1) is 0 Å². The molecule has 13 heavy (non-hydrogen) atoms. The molecule has 0 bridgehead atoms. The summed E-state index contributed by atoms with van der Waals surface area (Å²) < 4.78 is 1.11. The van der Waals surface area contributed by atoms with Gasteiger partial charge in [0.1, 0.15) is 0 Å². The first-order chi connectivity index (χ1) is 6.22. The number of hydrogen-bond donors (Lipinski definition) is 0. The summed E-state index contributed by atoms with van der Waals surface area (Å²) in [6, 6.07) is 8.60. The predicted octanol–water partition coefficient (Wildman–Crippen LogP) is 3.38. The van der Waals surface area contributed by atoms with Crippen LogP contribution in [0.2, 0.25) is 0 Å². The van der Waals surface area contributed by atoms with Crippen LogP contribution in [-0.2, 0) is 0 Å². The van der Waals surface area contributed by atoms with Crippen molar-refractivity contribution in [2.45, 2.75) is 19.3 Å². The Kier molecular flexibility index (Phi) is 2.13. The predicted molar refractivity (Wildman–Crippen MR) is 55.3 cm³/mol. The van der Waals surface area contributed by atoms with Gasteiger partial charge >= 0.3 is 0 Å². The Balaban J connectivity index is 2.32. The molecule has 0 aromatic heterocycles. The van der Waals surface area contributed by atoms with Crippen molar-refractivity contribution < 1.29 is 0 Å². The number of halogens is 1. The fraction of sp³-hybridized carbons (Fsp3) is 0.364. The maximum absolute atomic E-state index is 8.74. The van der Waals surface area contributed by atoms with Crippen LogP contribution in [0, 0.1) is 24.2 Å². The highest BCUT2D eigenvalue weighted by Gasteiger charge is 2.39. The first-order valence-corrected chi connectivity index (χ1v) is 5.17. The summed E-state index contributed by atoms with van der Waals surface area (Å²) in [5, 5.41) is 8.74. The molecule has 0 saturated heterocycles. The van der Waals surface area contributed by atoms with Crippen LogP contribution in [-0.4, -0.2) is 0 Å². The van der Waals surface area contributed by atoms with E-state index in [9.17, 15) is 0 Å². The lowest BCUT2D eigenvalue weighted by Gasteiger charge is -2.03. The van der Waals surface area contributed by atoms with Gasteiger partial charge in [0, 0.05) is 10.4 Å². The fourth-order valence-electron chi connectivity index (χ4n) is 1.69. The van der Waals surface area contributed by atoms with Gasteiger partial charge in [0.05, 0.1) is 12.0 Å². The van der Waals surface area contributed by atoms with Crippen LogP contribution in [0.3, 0.4) is 0 Å². The molecule has 0 heterocycles. The van der Waals surface area contributed by atoms with E-state index in [1.165, 1.54) is 11.1 Å². The van der Waals surface area contributed by atoms with Gasteiger partial charge in [0.15, 0.2) is 0 Å². The van der Waals surface area contributed by atoms with Gasteiger partial charge in [0.25, 0.3) is 0 Å². The molecule has 0 aliphatic heterocycles. The maximum atomic E-state index is 8.74. The molecule has 2 unspecified atom stereocenters. The zero-order valence-electron chi connectivity index (χ0n) is 7.42. The largest absolute Gasteiger partial charge is 0.198 e. The van der Waals surface area contributed by atoms with Gasteiger partial charge in [-0.05, 0) is 36.6 Å². The summed E-state index contributed by atoms with van der Waals surface area (Å²) >= 11 is 3.45. The lowest BCUT2D eigenvalue weighted by molar-refractivity contribution is 1.01. The number of benzene rings is 1. The second-order valence-electron chi connectivity index (χ2n) is 3.58. The normalized spacial score (nSPS) is 25.3. The van der Waals surface area contributed by atoms with E-state index >= 15 is 0 Å². The molecule has 0 radical (unpaired) electrons. The van der Waals surface area contributed by atoms with E-state index in [2.05, 4.69) is 41.1 Å². The molecule has 1 nitrogen and oxygen atoms in total. The van der Waals surface area contributed by atoms with Gasteiger partial charge in [-0.25, -0.2) is 0 Å². The number of nitriles is 1. The minimum atomic E-state index is 0.257. The van der Waals surface area contributed by atoms with Crippen molar-refractivity contribution in [2.24, 2.45) is 5.92 Å². The standard InChI is InChI=1S/C11H10BrN/c1-7-2-3-9(12)5-10(7)11-4-8(11)6-13/h2-3,5,8,11H,4H2,1H3. The van der Waals surface area contributed by atoms with Crippen molar-refractivity contribution in [3.05, 3.63) is 33.8 Å². The van der Waals surface area contributed by atoms with Crippen molar-refractivity contribution in [3.8, 4) is 6.07 Å². The number of nitrogens with zero attached hydrogens (tertiary/aromatic N) is 1. The van der Waals surface area contributed by atoms with Crippen LogP contribution in [0.1, 0.15) is 23.5 Å². The quantitative estimate of drug-likeness (QED) is 0.733. The van der Waals surface area contributed by atoms with E-state index in [1.807, 2.05) is 6.07 Å². The number of rotatable bonds is 1. The average Bonchev–Trinajstić information content (AvgIpc) is 2.88. The molecular formula is C11H10BrN. The third kappa shape index (κ3) is 1.62. The average molecular weight is 236 g/mol. The van der Waals surface area contributed by atoms with Crippen LogP contribution < -0.4 is 0 Å². The van der Waals surface area contributed by atoms with Gasteiger partial charge in [-0.3, -0.25) is 0 Å². The molecule has 2 rings (SSSR count).